The molecule has 4 N–H and O–H groups in total. The first-order chi connectivity index (χ1) is 8.33. The Morgan fingerprint density at radius 1 is 1.12 bits per heavy atom. The van der Waals surface area contributed by atoms with Crippen molar-refractivity contribution in [3.05, 3.63) is 42.6 Å². The van der Waals surface area contributed by atoms with Crippen LogP contribution >= 0.6 is 0 Å². The van der Waals surface area contributed by atoms with Gasteiger partial charge < -0.3 is 11.1 Å². The number of fused-ring (bicyclic) bond motifs is 1. The van der Waals surface area contributed by atoms with Gasteiger partial charge in [0.2, 0.25) is 0 Å². The van der Waals surface area contributed by atoms with Crippen molar-refractivity contribution in [1.82, 2.24) is 15.2 Å². The van der Waals surface area contributed by atoms with Crippen LogP contribution in [-0.4, -0.2) is 15.2 Å². The lowest BCUT2D eigenvalue weighted by Gasteiger charge is -2.02. The van der Waals surface area contributed by atoms with E-state index in [-0.39, 0.29) is 0 Å². The fraction of sp³-hybridized carbons (Fsp3) is 0. The van der Waals surface area contributed by atoms with Crippen LogP contribution in [0.15, 0.2) is 42.6 Å². The van der Waals surface area contributed by atoms with Crippen molar-refractivity contribution < 1.29 is 0 Å². The van der Waals surface area contributed by atoms with Gasteiger partial charge in [-0.05, 0) is 36.4 Å². The zero-order valence-electron chi connectivity index (χ0n) is 9.01. The number of pyridine rings is 1. The molecule has 0 aliphatic heterocycles. The third-order valence-corrected chi connectivity index (χ3v) is 2.49. The minimum Gasteiger partial charge on any atom is -0.399 e. The quantitative estimate of drug-likeness (QED) is 0.584. The maximum Gasteiger partial charge on any atom is 0.178 e. The van der Waals surface area contributed by atoms with Crippen LogP contribution in [-0.2, 0) is 0 Å². The molecule has 0 aliphatic carbocycles. The highest BCUT2D eigenvalue weighted by Crippen LogP contribution is 2.21. The van der Waals surface area contributed by atoms with Crippen LogP contribution in [0.5, 0.6) is 0 Å². The topological polar surface area (TPSA) is 79.6 Å². The molecule has 0 saturated carbocycles. The van der Waals surface area contributed by atoms with Gasteiger partial charge in [-0.3, -0.25) is 10.1 Å². The summed E-state index contributed by atoms with van der Waals surface area (Å²) in [5.41, 5.74) is 9.03. The van der Waals surface area contributed by atoms with Crippen LogP contribution in [0, 0.1) is 0 Å². The Labute approximate surface area is 97.7 Å². The number of nitrogen functional groups attached to an aromatic ring is 1. The van der Waals surface area contributed by atoms with Gasteiger partial charge in [0.05, 0.1) is 5.52 Å². The second kappa shape index (κ2) is 3.79. The van der Waals surface area contributed by atoms with Crippen molar-refractivity contribution in [3.8, 4) is 0 Å². The van der Waals surface area contributed by atoms with Crippen molar-refractivity contribution in [2.75, 3.05) is 11.1 Å². The van der Waals surface area contributed by atoms with E-state index in [4.69, 9.17) is 5.73 Å². The van der Waals surface area contributed by atoms with E-state index < -0.39 is 0 Å². The fourth-order valence-electron chi connectivity index (χ4n) is 1.64. The molecule has 3 rings (SSSR count). The van der Waals surface area contributed by atoms with Gasteiger partial charge in [0, 0.05) is 17.6 Å². The summed E-state index contributed by atoms with van der Waals surface area (Å²) in [7, 11) is 0. The van der Waals surface area contributed by atoms with Crippen LogP contribution in [0.3, 0.4) is 0 Å². The summed E-state index contributed by atoms with van der Waals surface area (Å²) in [6.45, 7) is 0. The minimum atomic E-state index is 0.713. The zero-order chi connectivity index (χ0) is 11.7. The SMILES string of the molecule is Nc1ccc(Nc2n[nH]c3cccnc23)cc1. The van der Waals surface area contributed by atoms with Gasteiger partial charge in [0.15, 0.2) is 5.82 Å². The molecule has 0 radical (unpaired) electrons. The molecule has 0 amide bonds. The first-order valence-corrected chi connectivity index (χ1v) is 5.24. The van der Waals surface area contributed by atoms with E-state index in [2.05, 4.69) is 20.5 Å². The number of hydrogen-bond acceptors (Lipinski definition) is 4. The van der Waals surface area contributed by atoms with Gasteiger partial charge in [0.1, 0.15) is 5.52 Å². The summed E-state index contributed by atoms with van der Waals surface area (Å²) in [5.74, 6) is 0.713. The maximum atomic E-state index is 5.63. The number of H-pyrrole nitrogens is 1. The van der Waals surface area contributed by atoms with Crippen LogP contribution < -0.4 is 11.1 Å². The number of benzene rings is 1. The number of nitrogens with zero attached hydrogens (tertiary/aromatic N) is 2. The van der Waals surface area contributed by atoms with Gasteiger partial charge in [-0.15, -0.1) is 0 Å². The molecule has 2 heterocycles. The molecule has 5 nitrogen and oxygen atoms in total. The number of aromatic nitrogens is 3. The molecule has 2 aromatic heterocycles. The molecule has 1 aromatic carbocycles. The normalized spacial score (nSPS) is 10.6. The lowest BCUT2D eigenvalue weighted by atomic mass is 10.3. The summed E-state index contributed by atoms with van der Waals surface area (Å²) in [4.78, 5) is 4.27. The van der Waals surface area contributed by atoms with Crippen LogP contribution in [0.25, 0.3) is 11.0 Å². The summed E-state index contributed by atoms with van der Waals surface area (Å²) >= 11 is 0. The molecule has 0 saturated heterocycles. The third kappa shape index (κ3) is 1.78. The van der Waals surface area contributed by atoms with E-state index in [1.807, 2.05) is 36.4 Å². The third-order valence-electron chi connectivity index (χ3n) is 2.49. The lowest BCUT2D eigenvalue weighted by Crippen LogP contribution is -1.92. The highest BCUT2D eigenvalue weighted by atomic mass is 15.2. The number of rotatable bonds is 2. The van der Waals surface area contributed by atoms with Crippen molar-refractivity contribution >= 4 is 28.2 Å². The molecular formula is C12H11N5. The second-order valence-electron chi connectivity index (χ2n) is 3.72. The number of aromatic amines is 1. The smallest absolute Gasteiger partial charge is 0.178 e. The molecule has 0 bridgehead atoms. The van der Waals surface area contributed by atoms with Gasteiger partial charge in [-0.1, -0.05) is 0 Å². The van der Waals surface area contributed by atoms with Gasteiger partial charge >= 0.3 is 0 Å². The number of nitrogens with two attached hydrogens (primary N) is 1. The van der Waals surface area contributed by atoms with Crippen LogP contribution in [0.2, 0.25) is 0 Å². The van der Waals surface area contributed by atoms with Crippen molar-refractivity contribution in [1.29, 1.82) is 0 Å². The molecule has 0 fully saturated rings. The van der Waals surface area contributed by atoms with Crippen LogP contribution in [0.1, 0.15) is 0 Å². The molecule has 0 spiro atoms. The Balaban J connectivity index is 1.97. The standard InChI is InChI=1S/C12H11N5/c13-8-3-5-9(6-4-8)15-12-11-10(16-17-12)2-1-7-14-11/h1-7H,13H2,(H2,15,16,17). The molecule has 0 unspecified atom stereocenters. The minimum absolute atomic E-state index is 0.713. The predicted octanol–water partition coefficient (Wildman–Crippen LogP) is 2.28. The molecule has 5 heteroatoms. The van der Waals surface area contributed by atoms with E-state index in [1.54, 1.807) is 6.20 Å². The zero-order valence-corrected chi connectivity index (χ0v) is 9.01. The van der Waals surface area contributed by atoms with E-state index >= 15 is 0 Å². The van der Waals surface area contributed by atoms with Crippen LogP contribution in [0.4, 0.5) is 17.2 Å². The number of hydrogen-bond donors (Lipinski definition) is 3. The maximum absolute atomic E-state index is 5.63. The Hall–Kier alpha value is -2.56. The van der Waals surface area contributed by atoms with Gasteiger partial charge in [0.25, 0.3) is 0 Å². The highest BCUT2D eigenvalue weighted by molar-refractivity contribution is 5.87. The number of nitrogens with one attached hydrogen (secondary N) is 2. The molecule has 84 valence electrons. The van der Waals surface area contributed by atoms with Crippen molar-refractivity contribution in [2.24, 2.45) is 0 Å². The molecule has 3 aromatic rings. The molecule has 17 heavy (non-hydrogen) atoms. The average Bonchev–Trinajstić information content (AvgIpc) is 2.76. The lowest BCUT2D eigenvalue weighted by molar-refractivity contribution is 1.12. The summed E-state index contributed by atoms with van der Waals surface area (Å²) in [6.07, 6.45) is 1.74. The summed E-state index contributed by atoms with van der Waals surface area (Å²) < 4.78 is 0. The van der Waals surface area contributed by atoms with Crippen molar-refractivity contribution in [2.45, 2.75) is 0 Å². The Bertz CT molecular complexity index is 641. The Morgan fingerprint density at radius 2 is 1.94 bits per heavy atom. The van der Waals surface area contributed by atoms with E-state index in [1.165, 1.54) is 0 Å². The Kier molecular flexibility index (Phi) is 2.15. The van der Waals surface area contributed by atoms with E-state index in [0.717, 1.165) is 22.4 Å². The van der Waals surface area contributed by atoms with Gasteiger partial charge in [-0.25, -0.2) is 0 Å². The molecular weight excluding hydrogens is 214 g/mol. The average molecular weight is 225 g/mol. The fourth-order valence-corrected chi connectivity index (χ4v) is 1.64. The predicted molar refractivity (Wildman–Crippen MR) is 68.0 cm³/mol. The Morgan fingerprint density at radius 3 is 2.76 bits per heavy atom. The van der Waals surface area contributed by atoms with Crippen molar-refractivity contribution in [3.63, 3.8) is 0 Å². The van der Waals surface area contributed by atoms with E-state index in [0.29, 0.717) is 5.82 Å². The first kappa shape index (κ1) is 9.65. The molecule has 0 aliphatic rings. The summed E-state index contributed by atoms with van der Waals surface area (Å²) in [5, 5.41) is 10.3. The van der Waals surface area contributed by atoms with E-state index in [9.17, 15) is 0 Å². The first-order valence-electron chi connectivity index (χ1n) is 5.24. The van der Waals surface area contributed by atoms with Gasteiger partial charge in [-0.2, -0.15) is 5.10 Å². The monoisotopic (exact) mass is 225 g/mol. The number of anilines is 3. The largest absolute Gasteiger partial charge is 0.399 e. The second-order valence-corrected chi connectivity index (χ2v) is 3.72. The highest BCUT2D eigenvalue weighted by Gasteiger charge is 2.05. The summed E-state index contributed by atoms with van der Waals surface area (Å²) in [6, 6.07) is 11.3. The molecule has 0 atom stereocenters.